The maximum Gasteiger partial charge on any atom is 0.277 e. The Morgan fingerprint density at radius 3 is 2.54 bits per heavy atom. The molecule has 0 saturated heterocycles. The molecule has 0 amide bonds. The van der Waals surface area contributed by atoms with E-state index in [-0.39, 0.29) is 22.2 Å². The van der Waals surface area contributed by atoms with Gasteiger partial charge in [0.1, 0.15) is 17.5 Å². The highest BCUT2D eigenvalue weighted by atomic mass is 16.3. The van der Waals surface area contributed by atoms with Crippen molar-refractivity contribution in [1.82, 2.24) is 9.55 Å². The monoisotopic (exact) mass is 344 g/mol. The Hall–Kier alpha value is -3.47. The normalized spacial score (nSPS) is 11.0. The highest BCUT2D eigenvalue weighted by molar-refractivity contribution is 5.80. The average molecular weight is 344 g/mol. The maximum absolute atomic E-state index is 13.0. The first kappa shape index (κ1) is 16.0. The average Bonchev–Trinajstić information content (AvgIpc) is 2.67. The van der Waals surface area contributed by atoms with Crippen LogP contribution in [0.1, 0.15) is 11.3 Å². The summed E-state index contributed by atoms with van der Waals surface area (Å²) >= 11 is 0. The summed E-state index contributed by atoms with van der Waals surface area (Å²) in [7, 11) is 0. The lowest BCUT2D eigenvalue weighted by Crippen LogP contribution is -2.27. The molecule has 0 bridgehead atoms. The number of fused-ring (bicyclic) bond motifs is 1. The lowest BCUT2D eigenvalue weighted by atomic mass is 10.1. The Bertz CT molecular complexity index is 1210. The predicted octanol–water partition coefficient (Wildman–Crippen LogP) is 3.37. The molecule has 2 heterocycles. The third kappa shape index (κ3) is 2.73. The van der Waals surface area contributed by atoms with Gasteiger partial charge in [-0.3, -0.25) is 9.59 Å². The van der Waals surface area contributed by atoms with Crippen LogP contribution in [0.5, 0.6) is 0 Å². The van der Waals surface area contributed by atoms with E-state index >= 15 is 0 Å². The number of aryl methyl sites for hydroxylation is 1. The van der Waals surface area contributed by atoms with Crippen LogP contribution >= 0.6 is 0 Å². The minimum atomic E-state index is -0.309. The number of rotatable bonds is 3. The van der Waals surface area contributed by atoms with Gasteiger partial charge in [0.2, 0.25) is 5.43 Å². The van der Waals surface area contributed by atoms with Gasteiger partial charge in [0.15, 0.2) is 0 Å². The maximum atomic E-state index is 13.0. The van der Waals surface area contributed by atoms with Gasteiger partial charge in [-0.25, -0.2) is 4.98 Å². The molecule has 0 unspecified atom stereocenters. The van der Waals surface area contributed by atoms with Gasteiger partial charge in [0.25, 0.3) is 5.56 Å². The molecule has 0 atom stereocenters. The first-order valence-electron chi connectivity index (χ1n) is 8.26. The number of para-hydroxylation sites is 1. The van der Waals surface area contributed by atoms with Gasteiger partial charge in [-0.1, -0.05) is 42.5 Å². The second kappa shape index (κ2) is 6.44. The number of nitrogens with zero attached hydrogens (tertiary/aromatic N) is 2. The molecule has 4 aromatic rings. The van der Waals surface area contributed by atoms with Crippen LogP contribution in [-0.2, 0) is 6.54 Å². The van der Waals surface area contributed by atoms with Crippen molar-refractivity contribution in [3.05, 3.63) is 98.9 Å². The van der Waals surface area contributed by atoms with Crippen molar-refractivity contribution in [2.24, 2.45) is 0 Å². The Morgan fingerprint density at radius 1 is 1.00 bits per heavy atom. The fourth-order valence-electron chi connectivity index (χ4n) is 2.96. The van der Waals surface area contributed by atoms with E-state index in [0.717, 1.165) is 11.3 Å². The molecule has 0 aliphatic carbocycles. The fraction of sp³-hybridized carbons (Fsp3) is 0.0952. The molecule has 26 heavy (non-hydrogen) atoms. The van der Waals surface area contributed by atoms with Crippen molar-refractivity contribution in [3.63, 3.8) is 0 Å². The van der Waals surface area contributed by atoms with E-state index in [2.05, 4.69) is 4.98 Å². The molecule has 0 radical (unpaired) electrons. The first-order valence-corrected chi connectivity index (χ1v) is 8.26. The zero-order valence-corrected chi connectivity index (χ0v) is 14.2. The second-order valence-corrected chi connectivity index (χ2v) is 6.10. The van der Waals surface area contributed by atoms with E-state index in [9.17, 15) is 9.59 Å². The quantitative estimate of drug-likeness (QED) is 0.571. The van der Waals surface area contributed by atoms with Crippen LogP contribution in [0.25, 0.3) is 22.2 Å². The highest BCUT2D eigenvalue weighted by Gasteiger charge is 2.16. The van der Waals surface area contributed by atoms with Gasteiger partial charge in [0, 0.05) is 11.9 Å². The van der Waals surface area contributed by atoms with Crippen LogP contribution < -0.4 is 11.0 Å². The zero-order chi connectivity index (χ0) is 18.1. The third-order valence-corrected chi connectivity index (χ3v) is 4.37. The van der Waals surface area contributed by atoms with Gasteiger partial charge < -0.3 is 8.98 Å². The third-order valence-electron chi connectivity index (χ3n) is 4.37. The van der Waals surface area contributed by atoms with Gasteiger partial charge in [-0.2, -0.15) is 0 Å². The van der Waals surface area contributed by atoms with E-state index in [1.54, 1.807) is 35.0 Å². The van der Waals surface area contributed by atoms with Gasteiger partial charge in [0.05, 0.1) is 17.5 Å². The Labute approximate surface area is 149 Å². The van der Waals surface area contributed by atoms with Crippen LogP contribution in [0.4, 0.5) is 0 Å². The molecule has 0 N–H and O–H groups in total. The summed E-state index contributed by atoms with van der Waals surface area (Å²) in [6.45, 7) is 2.24. The summed E-state index contributed by atoms with van der Waals surface area (Å²) in [4.78, 5) is 30.0. The topological polar surface area (TPSA) is 65.1 Å². The summed E-state index contributed by atoms with van der Waals surface area (Å²) in [6.07, 6.45) is 2.92. The van der Waals surface area contributed by atoms with Crippen molar-refractivity contribution in [3.8, 4) is 11.3 Å². The Kier molecular flexibility index (Phi) is 3.97. The molecule has 4 rings (SSSR count). The molecule has 0 aliphatic rings. The highest BCUT2D eigenvalue weighted by Crippen LogP contribution is 2.16. The molecule has 2 aromatic heterocycles. The lowest BCUT2D eigenvalue weighted by molar-refractivity contribution is 0.603. The summed E-state index contributed by atoms with van der Waals surface area (Å²) in [5, 5.41) is 0.432. The van der Waals surface area contributed by atoms with Crippen molar-refractivity contribution in [2.75, 3.05) is 0 Å². The van der Waals surface area contributed by atoms with Crippen LogP contribution in [0.2, 0.25) is 0 Å². The molecule has 5 heteroatoms. The zero-order valence-electron chi connectivity index (χ0n) is 14.2. The number of hydrogen-bond donors (Lipinski definition) is 0. The van der Waals surface area contributed by atoms with Gasteiger partial charge in [-0.05, 0) is 24.6 Å². The Balaban J connectivity index is 1.89. The van der Waals surface area contributed by atoms with Crippen LogP contribution in [0.15, 0.2) is 81.1 Å². The predicted molar refractivity (Wildman–Crippen MR) is 100 cm³/mol. The fourth-order valence-corrected chi connectivity index (χ4v) is 2.96. The molecule has 2 aromatic carbocycles. The number of benzene rings is 2. The smallest absolute Gasteiger partial charge is 0.277 e. The van der Waals surface area contributed by atoms with E-state index in [1.807, 2.05) is 37.3 Å². The number of aromatic nitrogens is 2. The molecule has 0 spiro atoms. The van der Waals surface area contributed by atoms with E-state index < -0.39 is 0 Å². The summed E-state index contributed by atoms with van der Waals surface area (Å²) in [6, 6.07) is 16.6. The standard InChI is InChI=1S/C21H16N2O3/c1-14-11-22-19(21(25)23(14)12-15-7-3-2-4-8-15)17-13-26-18-10-6-5-9-16(18)20(17)24/h2-11,13H,12H2,1H3. The molecular formula is C21H16N2O3. The van der Waals surface area contributed by atoms with E-state index in [0.29, 0.717) is 17.5 Å². The summed E-state index contributed by atoms with van der Waals surface area (Å²) in [5.74, 6) is 0. The van der Waals surface area contributed by atoms with Crippen LogP contribution in [-0.4, -0.2) is 9.55 Å². The van der Waals surface area contributed by atoms with Gasteiger partial charge >= 0.3 is 0 Å². The second-order valence-electron chi connectivity index (χ2n) is 6.10. The summed E-state index contributed by atoms with van der Waals surface area (Å²) < 4.78 is 7.15. The number of hydrogen-bond acceptors (Lipinski definition) is 4. The Morgan fingerprint density at radius 2 is 1.73 bits per heavy atom. The van der Waals surface area contributed by atoms with Gasteiger partial charge in [-0.15, -0.1) is 0 Å². The van der Waals surface area contributed by atoms with Crippen LogP contribution in [0.3, 0.4) is 0 Å². The molecular weight excluding hydrogens is 328 g/mol. The van der Waals surface area contributed by atoms with Crippen LogP contribution in [0, 0.1) is 6.92 Å². The SMILES string of the molecule is Cc1cnc(-c2coc3ccccc3c2=O)c(=O)n1Cc1ccccc1. The molecule has 0 saturated carbocycles. The lowest BCUT2D eigenvalue weighted by Gasteiger charge is -2.11. The molecule has 5 nitrogen and oxygen atoms in total. The van der Waals surface area contributed by atoms with Crippen molar-refractivity contribution >= 4 is 11.0 Å². The van der Waals surface area contributed by atoms with Crippen molar-refractivity contribution in [1.29, 1.82) is 0 Å². The minimum absolute atomic E-state index is 0.103. The molecule has 0 fully saturated rings. The van der Waals surface area contributed by atoms with Crippen molar-refractivity contribution < 1.29 is 4.42 Å². The molecule has 0 aliphatic heterocycles. The summed E-state index contributed by atoms with van der Waals surface area (Å²) in [5.41, 5.74) is 1.93. The van der Waals surface area contributed by atoms with E-state index in [1.165, 1.54) is 6.26 Å². The van der Waals surface area contributed by atoms with E-state index in [4.69, 9.17) is 4.42 Å². The minimum Gasteiger partial charge on any atom is -0.463 e. The first-order chi connectivity index (χ1) is 12.6. The largest absolute Gasteiger partial charge is 0.463 e. The molecule has 128 valence electrons. The van der Waals surface area contributed by atoms with Crippen molar-refractivity contribution in [2.45, 2.75) is 13.5 Å².